The highest BCUT2D eigenvalue weighted by Crippen LogP contribution is 1.87. The maximum Gasteiger partial charge on any atom is 0.144 e. The molecule has 0 aliphatic carbocycles. The summed E-state index contributed by atoms with van der Waals surface area (Å²) in [6.07, 6.45) is 4.60. The van der Waals surface area contributed by atoms with E-state index in [1.54, 1.807) is 6.92 Å². The van der Waals surface area contributed by atoms with Crippen LogP contribution in [0.25, 0.3) is 0 Å². The minimum Gasteiger partial charge on any atom is -0.301 e. The van der Waals surface area contributed by atoms with E-state index < -0.39 is 0 Å². The van der Waals surface area contributed by atoms with E-state index in [2.05, 4.69) is 4.99 Å². The molecule has 0 amide bonds. The van der Waals surface area contributed by atoms with Gasteiger partial charge in [0, 0.05) is 5.71 Å². The van der Waals surface area contributed by atoms with E-state index in [0.717, 1.165) is 12.0 Å². The molecule has 0 bridgehead atoms. The van der Waals surface area contributed by atoms with Gasteiger partial charge in [0.2, 0.25) is 0 Å². The van der Waals surface area contributed by atoms with Crippen LogP contribution in [0.15, 0.2) is 17.1 Å². The number of carbonyl (C=O) groups excluding carboxylic acids is 1. The molecule has 2 nitrogen and oxygen atoms in total. The van der Waals surface area contributed by atoms with E-state index in [-0.39, 0.29) is 6.04 Å². The van der Waals surface area contributed by atoms with Crippen molar-refractivity contribution in [3.05, 3.63) is 12.2 Å². The minimum atomic E-state index is -0.212. The van der Waals surface area contributed by atoms with E-state index in [1.165, 1.54) is 0 Å². The van der Waals surface area contributed by atoms with Crippen LogP contribution in [0.5, 0.6) is 0 Å². The van der Waals surface area contributed by atoms with E-state index in [4.69, 9.17) is 0 Å². The normalized spacial score (nSPS) is 15.7. The molecule has 0 saturated carbocycles. The Bertz CT molecular complexity index is 159. The number of hydrogen-bond donors (Lipinski definition) is 0. The molecule has 0 aliphatic rings. The molecule has 1 unspecified atom stereocenters. The number of aldehydes is 1. The zero-order valence-electron chi connectivity index (χ0n) is 6.66. The minimum absolute atomic E-state index is 0.212. The van der Waals surface area contributed by atoms with Crippen molar-refractivity contribution in [2.75, 3.05) is 0 Å². The van der Waals surface area contributed by atoms with Gasteiger partial charge in [0.1, 0.15) is 12.3 Å². The maximum atomic E-state index is 10.1. The third-order valence-electron chi connectivity index (χ3n) is 1.01. The maximum absolute atomic E-state index is 10.1. The molecule has 0 heterocycles. The first-order valence-electron chi connectivity index (χ1n) is 3.33. The summed E-state index contributed by atoms with van der Waals surface area (Å²) < 4.78 is 0. The van der Waals surface area contributed by atoms with Gasteiger partial charge in [0.25, 0.3) is 0 Å². The molecular weight excluding hydrogens is 126 g/mol. The van der Waals surface area contributed by atoms with Crippen LogP contribution >= 0.6 is 0 Å². The van der Waals surface area contributed by atoms with Crippen LogP contribution in [0, 0.1) is 0 Å². The van der Waals surface area contributed by atoms with Gasteiger partial charge in [-0.1, -0.05) is 6.08 Å². The molecule has 0 aliphatic heterocycles. The first-order chi connectivity index (χ1) is 4.70. The van der Waals surface area contributed by atoms with Crippen molar-refractivity contribution < 1.29 is 4.79 Å². The first kappa shape index (κ1) is 9.08. The summed E-state index contributed by atoms with van der Waals surface area (Å²) in [5.74, 6) is 0. The molecule has 0 aromatic rings. The van der Waals surface area contributed by atoms with E-state index in [1.807, 2.05) is 26.0 Å². The number of hydrogen-bond acceptors (Lipinski definition) is 2. The fraction of sp³-hybridized carbons (Fsp3) is 0.500. The predicted octanol–water partition coefficient (Wildman–Crippen LogP) is 1.61. The monoisotopic (exact) mass is 139 g/mol. The lowest BCUT2D eigenvalue weighted by molar-refractivity contribution is -0.108. The van der Waals surface area contributed by atoms with Crippen LogP contribution in [0.1, 0.15) is 20.8 Å². The standard InChI is InChI=1S/C8H13NO/c1-4-5-7(2)9-8(3)6-10/h4-6,8H,1-3H3/b5-4-,9-7?. The van der Waals surface area contributed by atoms with Gasteiger partial charge in [0.15, 0.2) is 0 Å². The summed E-state index contributed by atoms with van der Waals surface area (Å²) in [7, 11) is 0. The zero-order chi connectivity index (χ0) is 7.98. The smallest absolute Gasteiger partial charge is 0.144 e. The molecule has 2 heteroatoms. The summed E-state index contributed by atoms with van der Waals surface area (Å²) in [5.41, 5.74) is 0.891. The van der Waals surface area contributed by atoms with E-state index in [0.29, 0.717) is 0 Å². The molecule has 0 N–H and O–H groups in total. The Kier molecular flexibility index (Phi) is 4.46. The average Bonchev–Trinajstić information content (AvgIpc) is 1.88. The molecule has 0 spiro atoms. The van der Waals surface area contributed by atoms with Crippen molar-refractivity contribution in [3.8, 4) is 0 Å². The number of carbonyl (C=O) groups is 1. The lowest BCUT2D eigenvalue weighted by Gasteiger charge is -1.94. The molecular formula is C8H13NO. The van der Waals surface area contributed by atoms with Crippen LogP contribution in [-0.4, -0.2) is 18.0 Å². The fourth-order valence-electron chi connectivity index (χ4n) is 0.636. The van der Waals surface area contributed by atoms with Crippen molar-refractivity contribution >= 4 is 12.0 Å². The number of allylic oxidation sites excluding steroid dienone is 2. The Balaban J connectivity index is 4.01. The van der Waals surface area contributed by atoms with Gasteiger partial charge >= 0.3 is 0 Å². The molecule has 0 radical (unpaired) electrons. The number of nitrogens with zero attached hydrogens (tertiary/aromatic N) is 1. The quantitative estimate of drug-likeness (QED) is 0.431. The summed E-state index contributed by atoms with van der Waals surface area (Å²) in [6.45, 7) is 5.56. The Morgan fingerprint density at radius 3 is 2.60 bits per heavy atom. The molecule has 0 fully saturated rings. The van der Waals surface area contributed by atoms with Crippen LogP contribution in [0.3, 0.4) is 0 Å². The van der Waals surface area contributed by atoms with Crippen molar-refractivity contribution in [2.24, 2.45) is 4.99 Å². The largest absolute Gasteiger partial charge is 0.301 e. The van der Waals surface area contributed by atoms with Crippen LogP contribution in [-0.2, 0) is 4.79 Å². The highest BCUT2D eigenvalue weighted by molar-refractivity contribution is 5.93. The summed E-state index contributed by atoms with van der Waals surface area (Å²) >= 11 is 0. The highest BCUT2D eigenvalue weighted by atomic mass is 16.1. The predicted molar refractivity (Wildman–Crippen MR) is 43.4 cm³/mol. The second-order valence-electron chi connectivity index (χ2n) is 2.15. The Morgan fingerprint density at radius 1 is 1.60 bits per heavy atom. The van der Waals surface area contributed by atoms with Crippen LogP contribution in [0.2, 0.25) is 0 Å². The van der Waals surface area contributed by atoms with Gasteiger partial charge < -0.3 is 4.79 Å². The van der Waals surface area contributed by atoms with Gasteiger partial charge in [-0.3, -0.25) is 4.99 Å². The number of aliphatic imine (C=N–C) groups is 1. The van der Waals surface area contributed by atoms with Crippen molar-refractivity contribution in [2.45, 2.75) is 26.8 Å². The van der Waals surface area contributed by atoms with Crippen LogP contribution < -0.4 is 0 Å². The van der Waals surface area contributed by atoms with Gasteiger partial charge in [-0.05, 0) is 26.8 Å². The van der Waals surface area contributed by atoms with Gasteiger partial charge in [-0.15, -0.1) is 0 Å². The molecule has 0 aromatic carbocycles. The fourth-order valence-corrected chi connectivity index (χ4v) is 0.636. The highest BCUT2D eigenvalue weighted by Gasteiger charge is 1.92. The third kappa shape index (κ3) is 4.01. The van der Waals surface area contributed by atoms with Crippen LogP contribution in [0.4, 0.5) is 0 Å². The zero-order valence-corrected chi connectivity index (χ0v) is 6.66. The lowest BCUT2D eigenvalue weighted by Crippen LogP contribution is -2.01. The second kappa shape index (κ2) is 4.91. The Hall–Kier alpha value is -0.920. The summed E-state index contributed by atoms with van der Waals surface area (Å²) in [5, 5.41) is 0. The summed E-state index contributed by atoms with van der Waals surface area (Å²) in [4.78, 5) is 14.2. The van der Waals surface area contributed by atoms with Gasteiger partial charge in [-0.2, -0.15) is 0 Å². The Morgan fingerprint density at radius 2 is 2.20 bits per heavy atom. The second-order valence-corrected chi connectivity index (χ2v) is 2.15. The molecule has 56 valence electrons. The first-order valence-corrected chi connectivity index (χ1v) is 3.33. The lowest BCUT2D eigenvalue weighted by atomic mass is 10.3. The van der Waals surface area contributed by atoms with Crippen molar-refractivity contribution in [3.63, 3.8) is 0 Å². The number of rotatable bonds is 3. The molecule has 1 atom stereocenters. The van der Waals surface area contributed by atoms with Gasteiger partial charge in [0.05, 0.1) is 0 Å². The molecule has 0 rings (SSSR count). The Labute approximate surface area is 61.7 Å². The average molecular weight is 139 g/mol. The molecule has 0 saturated heterocycles. The third-order valence-corrected chi connectivity index (χ3v) is 1.01. The van der Waals surface area contributed by atoms with Gasteiger partial charge in [-0.25, -0.2) is 0 Å². The molecule has 0 aromatic heterocycles. The molecule has 10 heavy (non-hydrogen) atoms. The summed E-state index contributed by atoms with van der Waals surface area (Å²) in [6, 6.07) is -0.212. The topological polar surface area (TPSA) is 29.4 Å². The van der Waals surface area contributed by atoms with Crippen molar-refractivity contribution in [1.82, 2.24) is 0 Å². The van der Waals surface area contributed by atoms with E-state index >= 15 is 0 Å². The SMILES string of the molecule is C/C=C\C(C)=NC(C)C=O. The van der Waals surface area contributed by atoms with Crippen molar-refractivity contribution in [1.29, 1.82) is 0 Å². The van der Waals surface area contributed by atoms with E-state index in [9.17, 15) is 4.79 Å².